The van der Waals surface area contributed by atoms with Gasteiger partial charge in [0.1, 0.15) is 0 Å². The summed E-state index contributed by atoms with van der Waals surface area (Å²) in [5.74, 6) is 0.443. The van der Waals surface area contributed by atoms with Gasteiger partial charge in [-0.25, -0.2) is 0 Å². The van der Waals surface area contributed by atoms with E-state index in [1.54, 1.807) is 16.9 Å². The van der Waals surface area contributed by atoms with Crippen molar-refractivity contribution in [2.75, 3.05) is 5.32 Å². The minimum atomic E-state index is -0.124. The summed E-state index contributed by atoms with van der Waals surface area (Å²) in [4.78, 5) is 12.0. The van der Waals surface area contributed by atoms with E-state index in [1.165, 1.54) is 0 Å². The number of anilines is 1. The second-order valence-electron chi connectivity index (χ2n) is 4.15. The van der Waals surface area contributed by atoms with Crippen LogP contribution in [0.1, 0.15) is 21.5 Å². The lowest BCUT2D eigenvalue weighted by Crippen LogP contribution is -2.14. The summed E-state index contributed by atoms with van der Waals surface area (Å²) in [6.45, 7) is 3.94. The number of carbonyl (C=O) groups excluding carboxylic acids is 1. The van der Waals surface area contributed by atoms with Gasteiger partial charge in [0.05, 0.1) is 0 Å². The molecule has 2 aromatic rings. The highest BCUT2D eigenvalue weighted by molar-refractivity contribution is 6.04. The van der Waals surface area contributed by atoms with Crippen LogP contribution in [0, 0.1) is 13.8 Å². The standard InChI is InChI=1S/C13H15N3O/c1-9-4-5-11(10(2)8-9)13(17)14-12-6-7-16(3)15-12/h4-8H,1-3H3,(H,14,15,17). The summed E-state index contributed by atoms with van der Waals surface area (Å²) in [6, 6.07) is 7.53. The molecule has 88 valence electrons. The Balaban J connectivity index is 2.20. The topological polar surface area (TPSA) is 46.9 Å². The van der Waals surface area contributed by atoms with Crippen LogP contribution in [0.15, 0.2) is 30.5 Å². The summed E-state index contributed by atoms with van der Waals surface area (Å²) < 4.78 is 1.65. The molecule has 4 heteroatoms. The molecule has 0 bridgehead atoms. The van der Waals surface area contributed by atoms with E-state index in [0.29, 0.717) is 11.4 Å². The summed E-state index contributed by atoms with van der Waals surface area (Å²) in [5, 5.41) is 6.88. The van der Waals surface area contributed by atoms with Gasteiger partial charge in [0.2, 0.25) is 0 Å². The average Bonchev–Trinajstić information content (AvgIpc) is 2.63. The van der Waals surface area contributed by atoms with Gasteiger partial charge in [0, 0.05) is 24.9 Å². The van der Waals surface area contributed by atoms with Gasteiger partial charge in [0.15, 0.2) is 5.82 Å². The zero-order chi connectivity index (χ0) is 12.4. The Morgan fingerprint density at radius 3 is 2.65 bits per heavy atom. The smallest absolute Gasteiger partial charge is 0.257 e. The van der Waals surface area contributed by atoms with Gasteiger partial charge < -0.3 is 5.32 Å². The number of nitrogens with one attached hydrogen (secondary N) is 1. The summed E-state index contributed by atoms with van der Waals surface area (Å²) in [7, 11) is 1.81. The molecule has 1 N–H and O–H groups in total. The van der Waals surface area contributed by atoms with Crippen molar-refractivity contribution >= 4 is 11.7 Å². The number of hydrogen-bond acceptors (Lipinski definition) is 2. The van der Waals surface area contributed by atoms with Crippen LogP contribution in [-0.4, -0.2) is 15.7 Å². The average molecular weight is 229 g/mol. The largest absolute Gasteiger partial charge is 0.305 e. The maximum atomic E-state index is 12.0. The molecule has 1 heterocycles. The molecule has 0 atom stereocenters. The summed E-state index contributed by atoms with van der Waals surface area (Å²) in [6.07, 6.45) is 1.79. The van der Waals surface area contributed by atoms with Crippen LogP contribution in [-0.2, 0) is 7.05 Å². The fourth-order valence-electron chi connectivity index (χ4n) is 1.73. The quantitative estimate of drug-likeness (QED) is 0.858. The Morgan fingerprint density at radius 2 is 2.06 bits per heavy atom. The van der Waals surface area contributed by atoms with Gasteiger partial charge in [-0.15, -0.1) is 0 Å². The Kier molecular flexibility index (Phi) is 2.95. The number of aryl methyl sites for hydroxylation is 3. The minimum absolute atomic E-state index is 0.124. The molecule has 0 aliphatic rings. The van der Waals surface area contributed by atoms with Crippen molar-refractivity contribution in [2.24, 2.45) is 7.05 Å². The Morgan fingerprint density at radius 1 is 1.29 bits per heavy atom. The van der Waals surface area contributed by atoms with Crippen molar-refractivity contribution in [1.82, 2.24) is 9.78 Å². The predicted molar refractivity (Wildman–Crippen MR) is 67.1 cm³/mol. The van der Waals surface area contributed by atoms with E-state index >= 15 is 0 Å². The number of aromatic nitrogens is 2. The highest BCUT2D eigenvalue weighted by atomic mass is 16.1. The highest BCUT2D eigenvalue weighted by Gasteiger charge is 2.10. The van der Waals surface area contributed by atoms with Gasteiger partial charge in [-0.2, -0.15) is 5.10 Å². The van der Waals surface area contributed by atoms with E-state index in [-0.39, 0.29) is 5.91 Å². The van der Waals surface area contributed by atoms with E-state index < -0.39 is 0 Å². The zero-order valence-corrected chi connectivity index (χ0v) is 10.2. The molecule has 17 heavy (non-hydrogen) atoms. The van der Waals surface area contributed by atoms with E-state index in [0.717, 1.165) is 11.1 Å². The lowest BCUT2D eigenvalue weighted by Gasteiger charge is -2.06. The Bertz CT molecular complexity index is 558. The van der Waals surface area contributed by atoms with Crippen molar-refractivity contribution in [3.8, 4) is 0 Å². The minimum Gasteiger partial charge on any atom is -0.305 e. The number of benzene rings is 1. The van der Waals surface area contributed by atoms with Gasteiger partial charge in [-0.1, -0.05) is 17.7 Å². The van der Waals surface area contributed by atoms with Crippen molar-refractivity contribution in [1.29, 1.82) is 0 Å². The van der Waals surface area contributed by atoms with Crippen LogP contribution in [0.25, 0.3) is 0 Å². The van der Waals surface area contributed by atoms with Crippen LogP contribution in [0.2, 0.25) is 0 Å². The molecule has 0 saturated carbocycles. The number of nitrogens with zero attached hydrogens (tertiary/aromatic N) is 2. The van der Waals surface area contributed by atoms with Crippen LogP contribution in [0.5, 0.6) is 0 Å². The number of rotatable bonds is 2. The first-order valence-corrected chi connectivity index (χ1v) is 5.44. The maximum absolute atomic E-state index is 12.0. The van der Waals surface area contributed by atoms with Crippen molar-refractivity contribution in [2.45, 2.75) is 13.8 Å². The third kappa shape index (κ3) is 2.53. The first-order chi connectivity index (χ1) is 8.06. The second-order valence-corrected chi connectivity index (χ2v) is 4.15. The molecule has 0 radical (unpaired) electrons. The number of amides is 1. The molecular weight excluding hydrogens is 214 g/mol. The van der Waals surface area contributed by atoms with Crippen LogP contribution >= 0.6 is 0 Å². The zero-order valence-electron chi connectivity index (χ0n) is 10.2. The number of hydrogen-bond donors (Lipinski definition) is 1. The fraction of sp³-hybridized carbons (Fsp3) is 0.231. The third-order valence-electron chi connectivity index (χ3n) is 2.58. The lowest BCUT2D eigenvalue weighted by molar-refractivity contribution is 0.102. The molecule has 2 rings (SSSR count). The van der Waals surface area contributed by atoms with Gasteiger partial charge in [-0.3, -0.25) is 9.48 Å². The molecule has 1 aromatic carbocycles. The molecule has 1 amide bonds. The van der Waals surface area contributed by atoms with Crippen LogP contribution < -0.4 is 5.32 Å². The van der Waals surface area contributed by atoms with Crippen LogP contribution in [0.4, 0.5) is 5.82 Å². The van der Waals surface area contributed by atoms with Crippen molar-refractivity contribution in [3.05, 3.63) is 47.2 Å². The van der Waals surface area contributed by atoms with E-state index in [2.05, 4.69) is 10.4 Å². The first kappa shape index (κ1) is 11.4. The fourth-order valence-corrected chi connectivity index (χ4v) is 1.73. The molecule has 0 aliphatic heterocycles. The van der Waals surface area contributed by atoms with Gasteiger partial charge in [0.25, 0.3) is 5.91 Å². The Hall–Kier alpha value is -2.10. The lowest BCUT2D eigenvalue weighted by atomic mass is 10.1. The molecule has 0 aliphatic carbocycles. The number of carbonyl (C=O) groups is 1. The first-order valence-electron chi connectivity index (χ1n) is 5.44. The Labute approximate surface area is 100 Å². The van der Waals surface area contributed by atoms with Gasteiger partial charge in [-0.05, 0) is 25.5 Å². The van der Waals surface area contributed by atoms with Crippen molar-refractivity contribution < 1.29 is 4.79 Å². The second kappa shape index (κ2) is 4.41. The molecular formula is C13H15N3O. The van der Waals surface area contributed by atoms with E-state index in [1.807, 2.05) is 39.1 Å². The maximum Gasteiger partial charge on any atom is 0.257 e. The van der Waals surface area contributed by atoms with E-state index in [4.69, 9.17) is 0 Å². The normalized spacial score (nSPS) is 10.3. The van der Waals surface area contributed by atoms with Crippen LogP contribution in [0.3, 0.4) is 0 Å². The molecule has 0 saturated heterocycles. The molecule has 0 fully saturated rings. The van der Waals surface area contributed by atoms with E-state index in [9.17, 15) is 4.79 Å². The molecule has 4 nitrogen and oxygen atoms in total. The molecule has 0 spiro atoms. The highest BCUT2D eigenvalue weighted by Crippen LogP contribution is 2.12. The summed E-state index contributed by atoms with van der Waals surface area (Å²) in [5.41, 5.74) is 2.80. The predicted octanol–water partition coefficient (Wildman–Crippen LogP) is 2.29. The third-order valence-corrected chi connectivity index (χ3v) is 2.58. The van der Waals surface area contributed by atoms with Gasteiger partial charge >= 0.3 is 0 Å². The summed E-state index contributed by atoms with van der Waals surface area (Å²) >= 11 is 0. The monoisotopic (exact) mass is 229 g/mol. The SMILES string of the molecule is Cc1ccc(C(=O)Nc2ccn(C)n2)c(C)c1. The molecule has 1 aromatic heterocycles. The van der Waals surface area contributed by atoms with Crippen molar-refractivity contribution in [3.63, 3.8) is 0 Å². The molecule has 0 unspecified atom stereocenters.